The molecule has 0 aliphatic carbocycles. The Bertz CT molecular complexity index is 991. The maximum Gasteiger partial charge on any atom is 0.345 e. The number of carbonyl (C=O) groups is 1. The highest BCUT2D eigenvalue weighted by Crippen LogP contribution is 2.28. The van der Waals surface area contributed by atoms with E-state index in [0.717, 1.165) is 48.3 Å². The third kappa shape index (κ3) is 5.52. The molecule has 1 amide bonds. The molecule has 0 aliphatic heterocycles. The van der Waals surface area contributed by atoms with Gasteiger partial charge in [-0.2, -0.15) is 0 Å². The van der Waals surface area contributed by atoms with Crippen LogP contribution in [0.3, 0.4) is 0 Å². The number of hydrogen-bond acceptors (Lipinski definition) is 7. The number of carbonyl (C=O) groups excluding carboxylic acids is 1. The molecule has 8 nitrogen and oxygen atoms in total. The third-order valence-corrected chi connectivity index (χ3v) is 4.93. The maximum absolute atomic E-state index is 12.8. The molecule has 0 saturated heterocycles. The van der Waals surface area contributed by atoms with Gasteiger partial charge in [-0.1, -0.05) is 31.5 Å². The largest absolute Gasteiger partial charge is 0.385 e. The molecule has 3 rings (SSSR count). The number of rotatable bonds is 9. The molecule has 1 heterocycles. The molecular formula is C20H21N5O3S. The lowest BCUT2D eigenvalue weighted by molar-refractivity contribution is -0.380. The first-order valence-corrected chi connectivity index (χ1v) is 10.00. The number of benzene rings is 2. The Morgan fingerprint density at radius 2 is 1.97 bits per heavy atom. The van der Waals surface area contributed by atoms with E-state index in [-0.39, 0.29) is 10.1 Å². The number of nitrogens with one attached hydrogen (secondary N) is 3. The van der Waals surface area contributed by atoms with Crippen LogP contribution in [0.25, 0.3) is 0 Å². The molecule has 0 bridgehead atoms. The fourth-order valence-corrected chi connectivity index (χ4v) is 3.24. The van der Waals surface area contributed by atoms with Crippen LogP contribution in [-0.4, -0.2) is 22.4 Å². The number of nitrogens with zero attached hydrogens (tertiary/aromatic N) is 2. The van der Waals surface area contributed by atoms with Crippen molar-refractivity contribution in [3.8, 4) is 0 Å². The Morgan fingerprint density at radius 3 is 2.66 bits per heavy atom. The van der Waals surface area contributed by atoms with Gasteiger partial charge in [-0.3, -0.25) is 20.2 Å². The van der Waals surface area contributed by atoms with Crippen molar-refractivity contribution >= 4 is 44.4 Å². The fourth-order valence-electron chi connectivity index (χ4n) is 2.61. The van der Waals surface area contributed by atoms with Crippen molar-refractivity contribution in [2.24, 2.45) is 0 Å². The van der Waals surface area contributed by atoms with Crippen molar-refractivity contribution in [2.45, 2.75) is 19.8 Å². The van der Waals surface area contributed by atoms with Crippen LogP contribution in [0.4, 0.5) is 27.2 Å². The molecule has 0 unspecified atom stereocenters. The highest BCUT2D eigenvalue weighted by Gasteiger charge is 2.17. The Morgan fingerprint density at radius 1 is 1.17 bits per heavy atom. The molecule has 0 radical (unpaired) electrons. The van der Waals surface area contributed by atoms with Gasteiger partial charge in [0.05, 0.1) is 16.2 Å². The molecule has 29 heavy (non-hydrogen) atoms. The van der Waals surface area contributed by atoms with Crippen molar-refractivity contribution in [2.75, 3.05) is 22.5 Å². The second-order valence-electron chi connectivity index (χ2n) is 6.25. The lowest BCUT2D eigenvalue weighted by Gasteiger charge is -2.14. The number of anilines is 4. The predicted octanol–water partition coefficient (Wildman–Crippen LogP) is 5.26. The SMILES string of the molecule is CCCCNc1ccc(C(=O)Nc2ncc([N+](=O)[O-])s2)c(Nc2ccccc2)c1. The van der Waals surface area contributed by atoms with Crippen molar-refractivity contribution in [1.29, 1.82) is 0 Å². The lowest BCUT2D eigenvalue weighted by atomic mass is 10.1. The van der Waals surface area contributed by atoms with Crippen molar-refractivity contribution in [3.05, 3.63) is 70.4 Å². The van der Waals surface area contributed by atoms with Crippen LogP contribution in [0.15, 0.2) is 54.7 Å². The summed E-state index contributed by atoms with van der Waals surface area (Å²) >= 11 is 0.816. The van der Waals surface area contributed by atoms with Gasteiger partial charge in [-0.15, -0.1) is 0 Å². The number of para-hydroxylation sites is 1. The number of amides is 1. The zero-order chi connectivity index (χ0) is 20.6. The van der Waals surface area contributed by atoms with Crippen molar-refractivity contribution in [1.82, 2.24) is 4.98 Å². The Labute approximate surface area is 172 Å². The van der Waals surface area contributed by atoms with Gasteiger partial charge in [0, 0.05) is 17.9 Å². The van der Waals surface area contributed by atoms with E-state index in [4.69, 9.17) is 0 Å². The molecule has 0 atom stereocenters. The van der Waals surface area contributed by atoms with E-state index in [1.54, 1.807) is 6.07 Å². The molecule has 1 aromatic heterocycles. The first kappa shape index (κ1) is 20.3. The van der Waals surface area contributed by atoms with Gasteiger partial charge < -0.3 is 10.6 Å². The van der Waals surface area contributed by atoms with Crippen LogP contribution < -0.4 is 16.0 Å². The Kier molecular flexibility index (Phi) is 6.75. The molecule has 3 N–H and O–H groups in total. The van der Waals surface area contributed by atoms with Crippen molar-refractivity contribution < 1.29 is 9.72 Å². The standard InChI is InChI=1S/C20H21N5O3S/c1-2-3-11-21-15-9-10-16(17(12-15)23-14-7-5-4-6-8-14)19(26)24-20-22-13-18(29-20)25(27)28/h4-10,12-13,21,23H,2-3,11H2,1H3,(H,22,24,26). The van der Waals surface area contributed by atoms with Crippen LogP contribution >= 0.6 is 11.3 Å². The van der Waals surface area contributed by atoms with Crippen LogP contribution in [0.2, 0.25) is 0 Å². The zero-order valence-corrected chi connectivity index (χ0v) is 16.7. The Hall–Kier alpha value is -3.46. The summed E-state index contributed by atoms with van der Waals surface area (Å²) in [7, 11) is 0. The normalized spacial score (nSPS) is 10.4. The number of hydrogen-bond donors (Lipinski definition) is 3. The highest BCUT2D eigenvalue weighted by molar-refractivity contribution is 7.18. The summed E-state index contributed by atoms with van der Waals surface area (Å²) in [5, 5.41) is 20.1. The molecule has 0 spiro atoms. The summed E-state index contributed by atoms with van der Waals surface area (Å²) in [6.07, 6.45) is 3.26. The predicted molar refractivity (Wildman–Crippen MR) is 116 cm³/mol. The first-order valence-electron chi connectivity index (χ1n) is 9.18. The van der Waals surface area contributed by atoms with E-state index < -0.39 is 10.8 Å². The van der Waals surface area contributed by atoms with E-state index in [2.05, 4.69) is 27.9 Å². The quantitative estimate of drug-likeness (QED) is 0.252. The van der Waals surface area contributed by atoms with E-state index >= 15 is 0 Å². The molecule has 0 saturated carbocycles. The fraction of sp³-hybridized carbons (Fsp3) is 0.200. The van der Waals surface area contributed by atoms with Gasteiger partial charge in [0.2, 0.25) is 0 Å². The average Bonchev–Trinajstić information content (AvgIpc) is 3.18. The lowest BCUT2D eigenvalue weighted by Crippen LogP contribution is -2.14. The summed E-state index contributed by atoms with van der Waals surface area (Å²) in [6, 6.07) is 15.0. The maximum atomic E-state index is 12.8. The minimum Gasteiger partial charge on any atom is -0.385 e. The van der Waals surface area contributed by atoms with Gasteiger partial charge in [0.1, 0.15) is 6.20 Å². The van der Waals surface area contributed by atoms with E-state index in [1.807, 2.05) is 42.5 Å². The van der Waals surface area contributed by atoms with Crippen LogP contribution in [0.1, 0.15) is 30.1 Å². The zero-order valence-electron chi connectivity index (χ0n) is 15.8. The van der Waals surface area contributed by atoms with Crippen LogP contribution in [0.5, 0.6) is 0 Å². The first-order chi connectivity index (χ1) is 14.1. The number of thiazole rings is 1. The summed E-state index contributed by atoms with van der Waals surface area (Å²) < 4.78 is 0. The summed E-state index contributed by atoms with van der Waals surface area (Å²) in [4.78, 5) is 27.0. The van der Waals surface area contributed by atoms with Crippen LogP contribution in [-0.2, 0) is 0 Å². The Balaban J connectivity index is 1.84. The minimum absolute atomic E-state index is 0.126. The summed E-state index contributed by atoms with van der Waals surface area (Å²) in [6.45, 7) is 2.97. The smallest absolute Gasteiger partial charge is 0.345 e. The van der Waals surface area contributed by atoms with E-state index in [9.17, 15) is 14.9 Å². The van der Waals surface area contributed by atoms with Crippen molar-refractivity contribution in [3.63, 3.8) is 0 Å². The monoisotopic (exact) mass is 411 g/mol. The number of aromatic nitrogens is 1. The number of nitro groups is 1. The topological polar surface area (TPSA) is 109 Å². The third-order valence-electron chi connectivity index (χ3n) is 4.07. The van der Waals surface area contributed by atoms with Crippen LogP contribution in [0, 0.1) is 10.1 Å². The molecule has 2 aromatic carbocycles. The highest BCUT2D eigenvalue weighted by atomic mass is 32.1. The molecular weight excluding hydrogens is 390 g/mol. The van der Waals surface area contributed by atoms with Gasteiger partial charge in [-0.05, 0) is 48.1 Å². The molecule has 9 heteroatoms. The second-order valence-corrected chi connectivity index (χ2v) is 7.26. The average molecular weight is 411 g/mol. The van der Waals surface area contributed by atoms with Gasteiger partial charge in [-0.25, -0.2) is 4.98 Å². The molecule has 3 aromatic rings. The van der Waals surface area contributed by atoms with Gasteiger partial charge >= 0.3 is 5.00 Å². The molecule has 0 fully saturated rings. The van der Waals surface area contributed by atoms with E-state index in [0.29, 0.717) is 11.3 Å². The van der Waals surface area contributed by atoms with E-state index in [1.165, 1.54) is 0 Å². The molecule has 150 valence electrons. The number of unbranched alkanes of at least 4 members (excludes halogenated alkanes) is 1. The van der Waals surface area contributed by atoms with Gasteiger partial charge in [0.15, 0.2) is 5.13 Å². The summed E-state index contributed by atoms with van der Waals surface area (Å²) in [5.41, 5.74) is 2.78. The summed E-state index contributed by atoms with van der Waals surface area (Å²) in [5.74, 6) is -0.396. The molecule has 0 aliphatic rings. The second kappa shape index (κ2) is 9.65. The minimum atomic E-state index is -0.535. The van der Waals surface area contributed by atoms with Gasteiger partial charge in [0.25, 0.3) is 5.91 Å².